The number of amides is 1. The van der Waals surface area contributed by atoms with Crippen molar-refractivity contribution in [1.82, 2.24) is 15.3 Å². The summed E-state index contributed by atoms with van der Waals surface area (Å²) < 4.78 is 69.4. The average molecular weight is 591 g/mol. The lowest BCUT2D eigenvalue weighted by molar-refractivity contribution is -0.193. The van der Waals surface area contributed by atoms with Gasteiger partial charge in [-0.2, -0.15) is 21.6 Å². The number of nitrogens with zero attached hydrogens (tertiary/aromatic N) is 2. The quantitative estimate of drug-likeness (QED) is 0.267. The van der Waals surface area contributed by atoms with Gasteiger partial charge in [-0.25, -0.2) is 4.98 Å². The van der Waals surface area contributed by atoms with Gasteiger partial charge in [-0.1, -0.05) is 0 Å². The van der Waals surface area contributed by atoms with Gasteiger partial charge >= 0.3 is 6.18 Å². The zero-order valence-corrected chi connectivity index (χ0v) is 22.5. The molecule has 0 saturated heterocycles. The molecule has 40 heavy (non-hydrogen) atoms. The lowest BCUT2D eigenvalue weighted by Gasteiger charge is -2.46. The maximum Gasteiger partial charge on any atom is 0.416 e. The first-order valence-corrected chi connectivity index (χ1v) is 13.6. The van der Waals surface area contributed by atoms with E-state index in [1.807, 2.05) is 0 Å². The number of nitrogens with one attached hydrogen (secondary N) is 1. The Morgan fingerprint density at radius 1 is 1.27 bits per heavy atom. The molecule has 0 spiro atoms. The molecule has 0 aromatic carbocycles. The SMILES string of the molecule is Cc1nc(N)cc(C(F)(F)F)c1CNC(=O)c1ccnc(CC(=O)C2(OS(C)(=O)=O)C[C@@H](O)C(O)[C@](C)(O)C2)c1. The Morgan fingerprint density at radius 2 is 1.93 bits per heavy atom. The van der Waals surface area contributed by atoms with Gasteiger partial charge in [-0.3, -0.25) is 18.8 Å². The number of nitrogen functional groups attached to an aromatic ring is 1. The summed E-state index contributed by atoms with van der Waals surface area (Å²) in [6, 6.07) is 3.08. The number of hydrogen-bond donors (Lipinski definition) is 5. The number of aromatic nitrogens is 2. The fraction of sp³-hybridized carbons (Fsp3) is 0.500. The third-order valence-corrected chi connectivity index (χ3v) is 7.13. The van der Waals surface area contributed by atoms with E-state index in [4.69, 9.17) is 9.92 Å². The number of aliphatic hydroxyl groups excluding tert-OH is 2. The molecule has 1 saturated carbocycles. The highest BCUT2D eigenvalue weighted by atomic mass is 32.2. The lowest BCUT2D eigenvalue weighted by atomic mass is 9.70. The van der Waals surface area contributed by atoms with Gasteiger partial charge in [0.1, 0.15) is 11.9 Å². The molecule has 12 nitrogen and oxygen atoms in total. The molecule has 3 rings (SSSR count). The number of rotatable bonds is 8. The van der Waals surface area contributed by atoms with E-state index >= 15 is 0 Å². The van der Waals surface area contributed by atoms with Crippen LogP contribution in [0.1, 0.15) is 52.6 Å². The van der Waals surface area contributed by atoms with Crippen molar-refractivity contribution < 1.29 is 50.7 Å². The van der Waals surface area contributed by atoms with Crippen LogP contribution in [0.5, 0.6) is 0 Å². The molecular weight excluding hydrogens is 561 g/mol. The average Bonchev–Trinajstić information content (AvgIpc) is 2.79. The smallest absolute Gasteiger partial charge is 0.390 e. The van der Waals surface area contributed by atoms with Crippen LogP contribution in [0.4, 0.5) is 19.0 Å². The largest absolute Gasteiger partial charge is 0.416 e. The van der Waals surface area contributed by atoms with E-state index in [0.29, 0.717) is 12.3 Å². The number of pyridine rings is 2. The zero-order chi connectivity index (χ0) is 30.3. The molecule has 220 valence electrons. The standard InChI is InChI=1S/C24H29F3N4O8S/c1-12-15(16(24(25,26)27)8-19(28)31-12)10-30-21(35)13-4-5-29-14(6-13)7-18(33)23(39-40(3,37)38)9-17(32)20(34)22(2,36)11-23/h4-6,8,17,20,32,34,36H,7,9-11H2,1-3H3,(H2,28,31)(H,30,35)/t17-,20?,22-,23?/m1/s1. The summed E-state index contributed by atoms with van der Waals surface area (Å²) in [6.07, 6.45) is -8.20. The summed E-state index contributed by atoms with van der Waals surface area (Å²) in [5, 5.41) is 33.2. The number of aryl methyl sites for hydroxylation is 1. The summed E-state index contributed by atoms with van der Waals surface area (Å²) in [7, 11) is -4.29. The van der Waals surface area contributed by atoms with Crippen molar-refractivity contribution in [2.75, 3.05) is 12.0 Å². The molecule has 4 atom stereocenters. The Labute approximate surface area is 227 Å². The highest BCUT2D eigenvalue weighted by Crippen LogP contribution is 2.40. The third-order valence-electron chi connectivity index (χ3n) is 6.51. The molecule has 2 heterocycles. The van der Waals surface area contributed by atoms with Gasteiger partial charge in [0.15, 0.2) is 11.4 Å². The van der Waals surface area contributed by atoms with Gasteiger partial charge in [0.2, 0.25) is 0 Å². The van der Waals surface area contributed by atoms with E-state index in [1.165, 1.54) is 19.1 Å². The number of nitrogens with two attached hydrogens (primary N) is 1. The predicted molar refractivity (Wildman–Crippen MR) is 133 cm³/mol. The number of aliphatic hydroxyl groups is 3. The van der Waals surface area contributed by atoms with E-state index in [9.17, 15) is 46.5 Å². The Kier molecular flexibility index (Phi) is 8.62. The molecule has 1 aliphatic carbocycles. The number of carbonyl (C=O) groups excluding carboxylic acids is 2. The fourth-order valence-electron chi connectivity index (χ4n) is 4.74. The van der Waals surface area contributed by atoms with E-state index in [1.54, 1.807) is 0 Å². The molecule has 2 aromatic rings. The predicted octanol–water partition coefficient (Wildman–Crippen LogP) is 0.409. The molecule has 0 aliphatic heterocycles. The summed E-state index contributed by atoms with van der Waals surface area (Å²) in [6.45, 7) is 1.89. The topological polar surface area (TPSA) is 202 Å². The van der Waals surface area contributed by atoms with Gasteiger partial charge in [0, 0.05) is 48.1 Å². The monoisotopic (exact) mass is 590 g/mol. The van der Waals surface area contributed by atoms with Crippen molar-refractivity contribution >= 4 is 27.6 Å². The summed E-state index contributed by atoms with van der Waals surface area (Å²) in [5.41, 5.74) is -0.363. The lowest BCUT2D eigenvalue weighted by Crippen LogP contribution is -2.63. The molecule has 6 N–H and O–H groups in total. The summed E-state index contributed by atoms with van der Waals surface area (Å²) >= 11 is 0. The molecule has 16 heteroatoms. The highest BCUT2D eigenvalue weighted by Gasteiger charge is 2.56. The number of ketones is 1. The Hall–Kier alpha value is -3.18. The van der Waals surface area contributed by atoms with Gasteiger partial charge in [0.05, 0.1) is 29.9 Å². The number of anilines is 1. The van der Waals surface area contributed by atoms with Crippen LogP contribution in [0.25, 0.3) is 0 Å². The number of alkyl halides is 3. The number of Topliss-reactive ketones (excluding diaryl/α,β-unsaturated/α-hetero) is 1. The normalized spacial score (nSPS) is 25.4. The van der Waals surface area contributed by atoms with Gasteiger partial charge in [-0.05, 0) is 32.0 Å². The summed E-state index contributed by atoms with van der Waals surface area (Å²) in [5.74, 6) is -2.04. The van der Waals surface area contributed by atoms with Crippen LogP contribution in [-0.2, 0) is 38.2 Å². The van der Waals surface area contributed by atoms with Crippen molar-refractivity contribution in [2.24, 2.45) is 0 Å². The second-order valence-electron chi connectivity index (χ2n) is 10.0. The molecule has 2 aromatic heterocycles. The van der Waals surface area contributed by atoms with Crippen LogP contribution in [-0.4, -0.2) is 75.1 Å². The third kappa shape index (κ3) is 7.11. The van der Waals surface area contributed by atoms with E-state index < -0.39 is 82.8 Å². The second kappa shape index (κ2) is 11.0. The van der Waals surface area contributed by atoms with E-state index in [-0.39, 0.29) is 28.3 Å². The first kappa shape index (κ1) is 31.3. The van der Waals surface area contributed by atoms with Crippen LogP contribution in [0, 0.1) is 6.92 Å². The zero-order valence-electron chi connectivity index (χ0n) is 21.7. The number of halogens is 3. The Bertz CT molecular complexity index is 1420. The van der Waals surface area contributed by atoms with Crippen LogP contribution in [0.15, 0.2) is 24.4 Å². The van der Waals surface area contributed by atoms with E-state index in [2.05, 4.69) is 15.3 Å². The fourth-order valence-corrected chi connectivity index (χ4v) is 5.54. The summed E-state index contributed by atoms with van der Waals surface area (Å²) in [4.78, 5) is 33.9. The van der Waals surface area contributed by atoms with Crippen LogP contribution >= 0.6 is 0 Å². The molecule has 2 unspecified atom stereocenters. The van der Waals surface area contributed by atoms with Gasteiger partial charge in [-0.15, -0.1) is 0 Å². The Balaban J connectivity index is 1.83. The molecular formula is C24H29F3N4O8S. The highest BCUT2D eigenvalue weighted by molar-refractivity contribution is 7.86. The maximum atomic E-state index is 13.5. The number of carbonyl (C=O) groups is 2. The first-order valence-electron chi connectivity index (χ1n) is 11.8. The van der Waals surface area contributed by atoms with Gasteiger partial charge in [0.25, 0.3) is 16.0 Å². The molecule has 1 aliphatic rings. The Morgan fingerprint density at radius 3 is 2.50 bits per heavy atom. The van der Waals surface area contributed by atoms with Crippen molar-refractivity contribution in [2.45, 2.75) is 69.2 Å². The number of hydrogen-bond acceptors (Lipinski definition) is 11. The van der Waals surface area contributed by atoms with E-state index in [0.717, 1.165) is 13.1 Å². The first-order chi connectivity index (χ1) is 18.2. The molecule has 0 bridgehead atoms. The van der Waals surface area contributed by atoms with Crippen molar-refractivity contribution in [3.8, 4) is 0 Å². The van der Waals surface area contributed by atoms with Crippen molar-refractivity contribution in [3.05, 3.63) is 52.5 Å². The van der Waals surface area contributed by atoms with Crippen molar-refractivity contribution in [3.63, 3.8) is 0 Å². The van der Waals surface area contributed by atoms with Crippen LogP contribution < -0.4 is 11.1 Å². The molecule has 1 fully saturated rings. The minimum Gasteiger partial charge on any atom is -0.390 e. The van der Waals surface area contributed by atoms with Gasteiger partial charge < -0.3 is 26.4 Å². The second-order valence-corrected chi connectivity index (χ2v) is 11.6. The molecule has 0 radical (unpaired) electrons. The van der Waals surface area contributed by atoms with Crippen molar-refractivity contribution in [1.29, 1.82) is 0 Å². The minimum atomic E-state index is -4.75. The van der Waals surface area contributed by atoms with Crippen LogP contribution in [0.2, 0.25) is 0 Å². The maximum absolute atomic E-state index is 13.5. The molecule has 1 amide bonds. The van der Waals surface area contributed by atoms with Crippen LogP contribution in [0.3, 0.4) is 0 Å². The minimum absolute atomic E-state index is 0.0273.